The number of rotatable bonds is 8. The maximum absolute atomic E-state index is 11.0. The summed E-state index contributed by atoms with van der Waals surface area (Å²) in [6, 6.07) is 6.48. The van der Waals surface area contributed by atoms with Gasteiger partial charge in [-0.15, -0.1) is 0 Å². The fraction of sp³-hybridized carbons (Fsp3) is 0.412. The number of aromatic nitrogens is 2. The molecule has 1 aromatic carbocycles. The van der Waals surface area contributed by atoms with Crippen LogP contribution in [0.25, 0.3) is 0 Å². The molecule has 1 aromatic heterocycles. The molecule has 0 saturated carbocycles. The number of amides is 1. The topological polar surface area (TPSA) is 113 Å². The number of carbonyl (C=O) groups excluding carboxylic acids is 1. The summed E-state index contributed by atoms with van der Waals surface area (Å²) < 4.78 is 6.91. The first-order chi connectivity index (χ1) is 12.3. The molecule has 0 aliphatic heterocycles. The Kier molecular flexibility index (Phi) is 6.62. The number of nitrogens with zero attached hydrogens (tertiary/aromatic N) is 3. The lowest BCUT2D eigenvalue weighted by Gasteiger charge is -2.12. The minimum atomic E-state index is -0.852. The van der Waals surface area contributed by atoms with Crippen molar-refractivity contribution in [2.75, 3.05) is 0 Å². The van der Waals surface area contributed by atoms with Gasteiger partial charge >= 0.3 is 6.09 Å². The van der Waals surface area contributed by atoms with Crippen LogP contribution < -0.4 is 5.73 Å². The van der Waals surface area contributed by atoms with E-state index in [1.165, 1.54) is 23.9 Å². The second-order valence-corrected chi connectivity index (χ2v) is 7.05. The van der Waals surface area contributed by atoms with Gasteiger partial charge in [-0.2, -0.15) is 0 Å². The van der Waals surface area contributed by atoms with Gasteiger partial charge in [-0.05, 0) is 18.4 Å². The number of imidazole rings is 1. The number of ether oxygens (including phenoxy) is 1. The third-order valence-electron chi connectivity index (χ3n) is 3.61. The molecule has 0 atom stereocenters. The summed E-state index contributed by atoms with van der Waals surface area (Å²) in [6.45, 7) is 6.76. The molecule has 0 unspecified atom stereocenters. The van der Waals surface area contributed by atoms with Crippen LogP contribution >= 0.6 is 11.8 Å². The van der Waals surface area contributed by atoms with Gasteiger partial charge in [-0.25, -0.2) is 9.78 Å². The maximum Gasteiger partial charge on any atom is 0.404 e. The molecule has 0 aliphatic carbocycles. The number of hydrogen-bond acceptors (Lipinski definition) is 6. The number of carbonyl (C=O) groups is 1. The molecule has 0 saturated heterocycles. The normalized spacial score (nSPS) is 10.9. The molecule has 1 amide bonds. The largest absolute Gasteiger partial charge is 0.442 e. The number of benzene rings is 1. The average Bonchev–Trinajstić information content (AvgIpc) is 2.91. The smallest absolute Gasteiger partial charge is 0.404 e. The zero-order chi connectivity index (χ0) is 19.3. The standard InChI is InChI=1S/C17H22N4O4S/c1-4-8-20-14(10-25-17(18)22)19-15(11(2)3)16(20)26-13-7-5-6-12(9-13)21(23)24/h5-7,9,11H,4,8,10H2,1-3H3,(H2,18,22). The van der Waals surface area contributed by atoms with E-state index in [2.05, 4.69) is 4.98 Å². The zero-order valence-electron chi connectivity index (χ0n) is 15.0. The summed E-state index contributed by atoms with van der Waals surface area (Å²) in [7, 11) is 0. The Balaban J connectivity index is 2.45. The van der Waals surface area contributed by atoms with Crippen LogP contribution in [-0.4, -0.2) is 20.6 Å². The maximum atomic E-state index is 11.0. The first-order valence-electron chi connectivity index (χ1n) is 8.27. The van der Waals surface area contributed by atoms with Crippen LogP contribution in [0, 0.1) is 10.1 Å². The number of nitro benzene ring substituents is 1. The molecule has 140 valence electrons. The van der Waals surface area contributed by atoms with E-state index in [1.807, 2.05) is 31.4 Å². The van der Waals surface area contributed by atoms with Crippen LogP contribution in [0.3, 0.4) is 0 Å². The molecule has 0 radical (unpaired) electrons. The molecule has 0 bridgehead atoms. The summed E-state index contributed by atoms with van der Waals surface area (Å²) in [5, 5.41) is 11.9. The van der Waals surface area contributed by atoms with Gasteiger partial charge in [0.2, 0.25) is 0 Å². The Morgan fingerprint density at radius 1 is 1.46 bits per heavy atom. The highest BCUT2D eigenvalue weighted by molar-refractivity contribution is 7.99. The van der Waals surface area contributed by atoms with Gasteiger partial charge in [0, 0.05) is 23.6 Å². The third kappa shape index (κ3) is 4.75. The van der Waals surface area contributed by atoms with Gasteiger partial charge < -0.3 is 15.0 Å². The molecule has 2 N–H and O–H groups in total. The Morgan fingerprint density at radius 3 is 2.77 bits per heavy atom. The van der Waals surface area contributed by atoms with E-state index in [-0.39, 0.29) is 18.2 Å². The molecule has 2 aromatic rings. The van der Waals surface area contributed by atoms with Crippen LogP contribution in [0.5, 0.6) is 0 Å². The van der Waals surface area contributed by atoms with Gasteiger partial charge in [0.1, 0.15) is 10.9 Å². The molecule has 0 aliphatic rings. The first-order valence-corrected chi connectivity index (χ1v) is 9.09. The van der Waals surface area contributed by atoms with E-state index < -0.39 is 11.0 Å². The Bertz CT molecular complexity index is 804. The molecule has 9 heteroatoms. The van der Waals surface area contributed by atoms with Crippen molar-refractivity contribution in [3.63, 3.8) is 0 Å². The lowest BCUT2D eigenvalue weighted by Crippen LogP contribution is -2.15. The number of hydrogen-bond donors (Lipinski definition) is 1. The number of non-ortho nitro benzene ring substituents is 1. The average molecular weight is 378 g/mol. The van der Waals surface area contributed by atoms with Crippen LogP contribution in [0.15, 0.2) is 34.2 Å². The van der Waals surface area contributed by atoms with E-state index in [4.69, 9.17) is 10.5 Å². The highest BCUT2D eigenvalue weighted by Crippen LogP contribution is 2.36. The van der Waals surface area contributed by atoms with Crippen molar-refractivity contribution >= 4 is 23.5 Å². The quantitative estimate of drug-likeness (QED) is 0.547. The molecular weight excluding hydrogens is 356 g/mol. The Hall–Kier alpha value is -2.55. The predicted octanol–water partition coefficient (Wildman–Crippen LogP) is 4.07. The second-order valence-electron chi connectivity index (χ2n) is 5.99. The Morgan fingerprint density at radius 2 is 2.19 bits per heavy atom. The predicted molar refractivity (Wildman–Crippen MR) is 98.2 cm³/mol. The summed E-state index contributed by atoms with van der Waals surface area (Å²) in [5.74, 6) is 0.754. The van der Waals surface area contributed by atoms with E-state index in [0.29, 0.717) is 12.4 Å². The van der Waals surface area contributed by atoms with Crippen molar-refractivity contribution in [1.82, 2.24) is 9.55 Å². The fourth-order valence-corrected chi connectivity index (χ4v) is 3.70. The first kappa shape index (κ1) is 19.8. The van der Waals surface area contributed by atoms with Crippen LogP contribution in [0.4, 0.5) is 10.5 Å². The van der Waals surface area contributed by atoms with Gasteiger partial charge in [0.05, 0.1) is 10.6 Å². The highest BCUT2D eigenvalue weighted by atomic mass is 32.2. The molecule has 0 fully saturated rings. The molecular formula is C17H22N4O4S. The molecule has 26 heavy (non-hydrogen) atoms. The summed E-state index contributed by atoms with van der Waals surface area (Å²) >= 11 is 1.42. The molecule has 1 heterocycles. The van der Waals surface area contributed by atoms with Crippen molar-refractivity contribution in [3.05, 3.63) is 45.9 Å². The van der Waals surface area contributed by atoms with Gasteiger partial charge in [-0.3, -0.25) is 10.1 Å². The van der Waals surface area contributed by atoms with E-state index in [9.17, 15) is 14.9 Å². The minimum absolute atomic E-state index is 0.00937. The molecule has 2 rings (SSSR count). The van der Waals surface area contributed by atoms with Gasteiger partial charge in [0.15, 0.2) is 6.61 Å². The number of nitro groups is 1. The van der Waals surface area contributed by atoms with Gasteiger partial charge in [0.25, 0.3) is 5.69 Å². The zero-order valence-corrected chi connectivity index (χ0v) is 15.8. The summed E-state index contributed by atoms with van der Waals surface area (Å²) in [5.41, 5.74) is 5.97. The van der Waals surface area contributed by atoms with Crippen molar-refractivity contribution in [1.29, 1.82) is 0 Å². The number of nitrogens with two attached hydrogens (primary N) is 1. The molecule has 8 nitrogen and oxygen atoms in total. The molecule has 0 spiro atoms. The van der Waals surface area contributed by atoms with Crippen molar-refractivity contribution < 1.29 is 14.5 Å². The van der Waals surface area contributed by atoms with E-state index in [1.54, 1.807) is 6.07 Å². The van der Waals surface area contributed by atoms with Crippen molar-refractivity contribution in [2.24, 2.45) is 5.73 Å². The summed E-state index contributed by atoms with van der Waals surface area (Å²) in [4.78, 5) is 26.9. The fourth-order valence-electron chi connectivity index (χ4n) is 2.46. The number of primary amides is 1. The third-order valence-corrected chi connectivity index (χ3v) is 4.72. The SMILES string of the molecule is CCCn1c(COC(N)=O)nc(C(C)C)c1Sc1cccc([N+](=O)[O-])c1. The highest BCUT2D eigenvalue weighted by Gasteiger charge is 2.21. The lowest BCUT2D eigenvalue weighted by molar-refractivity contribution is -0.385. The second kappa shape index (κ2) is 8.70. The van der Waals surface area contributed by atoms with Crippen LogP contribution in [-0.2, 0) is 17.9 Å². The lowest BCUT2D eigenvalue weighted by atomic mass is 10.1. The van der Waals surface area contributed by atoms with Crippen molar-refractivity contribution in [3.8, 4) is 0 Å². The van der Waals surface area contributed by atoms with Gasteiger partial charge in [-0.1, -0.05) is 38.6 Å². The van der Waals surface area contributed by atoms with Crippen LogP contribution in [0.1, 0.15) is 44.6 Å². The van der Waals surface area contributed by atoms with Crippen molar-refractivity contribution in [2.45, 2.75) is 56.2 Å². The van der Waals surface area contributed by atoms with Crippen LogP contribution in [0.2, 0.25) is 0 Å². The van der Waals surface area contributed by atoms with E-state index in [0.717, 1.165) is 22.0 Å². The Labute approximate surface area is 155 Å². The summed E-state index contributed by atoms with van der Waals surface area (Å²) in [6.07, 6.45) is 0.00925. The monoisotopic (exact) mass is 378 g/mol. The van der Waals surface area contributed by atoms with E-state index >= 15 is 0 Å². The minimum Gasteiger partial charge on any atom is -0.442 e.